The van der Waals surface area contributed by atoms with Crippen LogP contribution in [-0.2, 0) is 9.53 Å². The van der Waals surface area contributed by atoms with Crippen molar-refractivity contribution in [2.45, 2.75) is 78.1 Å². The number of hydrogen-bond donors (Lipinski definition) is 1. The molecule has 0 atom stereocenters. The highest BCUT2D eigenvalue weighted by Gasteiger charge is 2.16. The maximum absolute atomic E-state index is 12.0. The summed E-state index contributed by atoms with van der Waals surface area (Å²) in [7, 11) is 0. The molecule has 1 aromatic carbocycles. The SMILES string of the molecule is CCCCCCCCCCCC(=O)OC(=O)c1cccc(C)c1N. The van der Waals surface area contributed by atoms with Crippen LogP contribution < -0.4 is 5.73 Å². The van der Waals surface area contributed by atoms with Gasteiger partial charge in [-0.3, -0.25) is 4.79 Å². The number of aryl methyl sites for hydroxylation is 1. The molecule has 0 aliphatic carbocycles. The molecule has 0 aromatic heterocycles. The van der Waals surface area contributed by atoms with Gasteiger partial charge in [0, 0.05) is 12.1 Å². The maximum Gasteiger partial charge on any atom is 0.347 e. The first-order valence-electron chi connectivity index (χ1n) is 9.16. The topological polar surface area (TPSA) is 69.4 Å². The highest BCUT2D eigenvalue weighted by Crippen LogP contribution is 2.18. The molecule has 1 rings (SSSR count). The number of anilines is 1. The molecular formula is C20H31NO3. The molecule has 0 saturated heterocycles. The van der Waals surface area contributed by atoms with E-state index in [2.05, 4.69) is 6.92 Å². The van der Waals surface area contributed by atoms with E-state index in [0.717, 1.165) is 24.8 Å². The van der Waals surface area contributed by atoms with Gasteiger partial charge in [0.2, 0.25) is 0 Å². The zero-order chi connectivity index (χ0) is 17.8. The van der Waals surface area contributed by atoms with Crippen LogP contribution in [0.4, 0.5) is 5.69 Å². The Morgan fingerprint density at radius 2 is 1.54 bits per heavy atom. The van der Waals surface area contributed by atoms with E-state index in [4.69, 9.17) is 10.5 Å². The Morgan fingerprint density at radius 3 is 2.17 bits per heavy atom. The number of rotatable bonds is 11. The molecule has 1 aromatic rings. The normalized spacial score (nSPS) is 10.6. The lowest BCUT2D eigenvalue weighted by Crippen LogP contribution is -2.14. The molecular weight excluding hydrogens is 302 g/mol. The lowest BCUT2D eigenvalue weighted by Gasteiger charge is -2.07. The van der Waals surface area contributed by atoms with Crippen molar-refractivity contribution >= 4 is 17.6 Å². The Labute approximate surface area is 145 Å². The number of benzene rings is 1. The van der Waals surface area contributed by atoms with E-state index in [0.29, 0.717) is 5.69 Å². The summed E-state index contributed by atoms with van der Waals surface area (Å²) < 4.78 is 4.89. The van der Waals surface area contributed by atoms with E-state index in [1.54, 1.807) is 12.1 Å². The van der Waals surface area contributed by atoms with Crippen molar-refractivity contribution < 1.29 is 14.3 Å². The molecule has 24 heavy (non-hydrogen) atoms. The third-order valence-electron chi connectivity index (χ3n) is 4.24. The van der Waals surface area contributed by atoms with Crippen molar-refractivity contribution in [1.29, 1.82) is 0 Å². The first-order chi connectivity index (χ1) is 11.6. The van der Waals surface area contributed by atoms with Gasteiger partial charge in [-0.25, -0.2) is 4.79 Å². The van der Waals surface area contributed by atoms with Gasteiger partial charge in [0.25, 0.3) is 0 Å². The van der Waals surface area contributed by atoms with Crippen molar-refractivity contribution in [1.82, 2.24) is 0 Å². The van der Waals surface area contributed by atoms with Crippen LogP contribution in [0, 0.1) is 6.92 Å². The Balaban J connectivity index is 2.16. The van der Waals surface area contributed by atoms with E-state index in [-0.39, 0.29) is 12.0 Å². The van der Waals surface area contributed by atoms with E-state index in [1.807, 2.05) is 13.0 Å². The smallest absolute Gasteiger partial charge is 0.347 e. The molecule has 2 N–H and O–H groups in total. The predicted octanol–water partition coefficient (Wildman–Crippen LogP) is 5.18. The van der Waals surface area contributed by atoms with Crippen LogP contribution in [0.5, 0.6) is 0 Å². The van der Waals surface area contributed by atoms with Gasteiger partial charge in [-0.2, -0.15) is 0 Å². The molecule has 0 saturated carbocycles. The molecule has 0 spiro atoms. The zero-order valence-electron chi connectivity index (χ0n) is 15.1. The Kier molecular flexibility index (Phi) is 9.81. The summed E-state index contributed by atoms with van der Waals surface area (Å²) in [4.78, 5) is 23.7. The standard InChI is InChI=1S/C20H31NO3/c1-3-4-5-6-7-8-9-10-11-15-18(22)24-20(23)17-14-12-13-16(2)19(17)21/h12-14H,3-11,15,21H2,1-2H3. The quantitative estimate of drug-likeness (QED) is 0.262. The Bertz CT molecular complexity index is 526. The molecule has 0 aliphatic rings. The second kappa shape index (κ2) is 11.7. The molecule has 0 amide bonds. The van der Waals surface area contributed by atoms with Crippen LogP contribution >= 0.6 is 0 Å². The molecule has 0 radical (unpaired) electrons. The van der Waals surface area contributed by atoms with Gasteiger partial charge >= 0.3 is 11.9 Å². The predicted molar refractivity (Wildman–Crippen MR) is 97.9 cm³/mol. The Hall–Kier alpha value is -1.84. The van der Waals surface area contributed by atoms with Gasteiger partial charge in [-0.1, -0.05) is 70.4 Å². The number of ether oxygens (including phenoxy) is 1. The molecule has 0 fully saturated rings. The summed E-state index contributed by atoms with van der Waals surface area (Å²) in [6.45, 7) is 4.04. The summed E-state index contributed by atoms with van der Waals surface area (Å²) >= 11 is 0. The van der Waals surface area contributed by atoms with Crippen LogP contribution in [0.25, 0.3) is 0 Å². The summed E-state index contributed by atoms with van der Waals surface area (Å²) in [6.07, 6.45) is 10.9. The number of carbonyl (C=O) groups excluding carboxylic acids is 2. The summed E-state index contributed by atoms with van der Waals surface area (Å²) in [5.41, 5.74) is 7.28. The number of para-hydroxylation sites is 1. The third-order valence-corrected chi connectivity index (χ3v) is 4.24. The van der Waals surface area contributed by atoms with Crippen LogP contribution in [-0.4, -0.2) is 11.9 Å². The average Bonchev–Trinajstić information content (AvgIpc) is 2.55. The number of carbonyl (C=O) groups is 2. The zero-order valence-corrected chi connectivity index (χ0v) is 15.1. The minimum absolute atomic E-state index is 0.260. The third kappa shape index (κ3) is 7.62. The van der Waals surface area contributed by atoms with Crippen molar-refractivity contribution in [2.75, 3.05) is 5.73 Å². The van der Waals surface area contributed by atoms with Crippen LogP contribution in [0.1, 0.15) is 87.1 Å². The molecule has 0 aliphatic heterocycles. The van der Waals surface area contributed by atoms with E-state index in [1.165, 1.54) is 38.5 Å². The first-order valence-corrected chi connectivity index (χ1v) is 9.16. The van der Waals surface area contributed by atoms with E-state index < -0.39 is 11.9 Å². The fourth-order valence-corrected chi connectivity index (χ4v) is 2.65. The summed E-state index contributed by atoms with van der Waals surface area (Å²) in [5.74, 6) is -1.12. The lowest BCUT2D eigenvalue weighted by molar-refractivity contribution is -0.138. The molecule has 0 unspecified atom stereocenters. The molecule has 0 heterocycles. The number of esters is 2. The minimum Gasteiger partial charge on any atom is -0.398 e. The van der Waals surface area contributed by atoms with Crippen molar-refractivity contribution in [3.8, 4) is 0 Å². The second-order valence-electron chi connectivity index (χ2n) is 6.38. The van der Waals surface area contributed by atoms with Crippen LogP contribution in [0.15, 0.2) is 18.2 Å². The Morgan fingerprint density at radius 1 is 0.958 bits per heavy atom. The fourth-order valence-electron chi connectivity index (χ4n) is 2.65. The van der Waals surface area contributed by atoms with Crippen LogP contribution in [0.3, 0.4) is 0 Å². The number of nitrogens with two attached hydrogens (primary N) is 1. The van der Waals surface area contributed by atoms with Crippen molar-refractivity contribution in [3.05, 3.63) is 29.3 Å². The van der Waals surface area contributed by atoms with Crippen molar-refractivity contribution in [3.63, 3.8) is 0 Å². The van der Waals surface area contributed by atoms with Crippen LogP contribution in [0.2, 0.25) is 0 Å². The van der Waals surface area contributed by atoms with Gasteiger partial charge in [0.15, 0.2) is 0 Å². The van der Waals surface area contributed by atoms with Gasteiger partial charge in [-0.05, 0) is 25.0 Å². The molecule has 0 bridgehead atoms. The number of unbranched alkanes of at least 4 members (excludes halogenated alkanes) is 8. The van der Waals surface area contributed by atoms with E-state index >= 15 is 0 Å². The average molecular weight is 333 g/mol. The van der Waals surface area contributed by atoms with E-state index in [9.17, 15) is 9.59 Å². The van der Waals surface area contributed by atoms with Crippen molar-refractivity contribution in [2.24, 2.45) is 0 Å². The van der Waals surface area contributed by atoms with Gasteiger partial charge < -0.3 is 10.5 Å². The maximum atomic E-state index is 12.0. The fraction of sp³-hybridized carbons (Fsp3) is 0.600. The van der Waals surface area contributed by atoms with Gasteiger partial charge in [-0.15, -0.1) is 0 Å². The van der Waals surface area contributed by atoms with Gasteiger partial charge in [0.05, 0.1) is 5.56 Å². The minimum atomic E-state index is -0.655. The number of hydrogen-bond acceptors (Lipinski definition) is 4. The first kappa shape index (κ1) is 20.2. The molecule has 134 valence electrons. The number of nitrogen functional groups attached to an aromatic ring is 1. The largest absolute Gasteiger partial charge is 0.398 e. The lowest BCUT2D eigenvalue weighted by atomic mass is 10.1. The monoisotopic (exact) mass is 333 g/mol. The summed E-state index contributed by atoms with van der Waals surface area (Å²) in [5, 5.41) is 0. The highest BCUT2D eigenvalue weighted by molar-refractivity contribution is 6.01. The second-order valence-corrected chi connectivity index (χ2v) is 6.38. The summed E-state index contributed by atoms with van der Waals surface area (Å²) in [6, 6.07) is 5.12. The van der Waals surface area contributed by atoms with Gasteiger partial charge in [0.1, 0.15) is 0 Å². The molecule has 4 heteroatoms. The highest BCUT2D eigenvalue weighted by atomic mass is 16.6. The molecule has 4 nitrogen and oxygen atoms in total.